The van der Waals surface area contributed by atoms with Gasteiger partial charge in [-0.05, 0) is 58.8 Å². The molecule has 0 aliphatic heterocycles. The predicted molar refractivity (Wildman–Crippen MR) is 108 cm³/mol. The van der Waals surface area contributed by atoms with Crippen LogP contribution in [0.5, 0.6) is 11.5 Å². The van der Waals surface area contributed by atoms with Gasteiger partial charge >= 0.3 is 0 Å². The zero-order valence-corrected chi connectivity index (χ0v) is 15.1. The minimum atomic E-state index is -0.484. The van der Waals surface area contributed by atoms with E-state index in [1.165, 1.54) is 11.7 Å². The Labute approximate surface area is 161 Å². The molecule has 3 rings (SSSR count). The maximum absolute atomic E-state index is 12.3. The van der Waals surface area contributed by atoms with Gasteiger partial charge in [0.1, 0.15) is 18.1 Å². The zero-order chi connectivity index (χ0) is 19.1. The van der Waals surface area contributed by atoms with Gasteiger partial charge in [-0.15, -0.1) is 0 Å². The Balaban J connectivity index is 1.64. The van der Waals surface area contributed by atoms with E-state index in [9.17, 15) is 9.90 Å². The van der Waals surface area contributed by atoms with Crippen molar-refractivity contribution in [1.29, 1.82) is 0 Å². The normalized spacial score (nSPS) is 11.3. The lowest BCUT2D eigenvalue weighted by Gasteiger charge is -2.06. The fraction of sp³-hybridized carbons (Fsp3) is 0.0476. The third kappa shape index (κ3) is 4.86. The molecule has 0 aliphatic carbocycles. The van der Waals surface area contributed by atoms with Gasteiger partial charge in [0.15, 0.2) is 0 Å². The van der Waals surface area contributed by atoms with Gasteiger partial charge in [0, 0.05) is 5.54 Å². The van der Waals surface area contributed by atoms with Gasteiger partial charge in [-0.3, -0.25) is 4.79 Å². The number of fused-ring (bicyclic) bond motifs is 1. The molecule has 0 fully saturated rings. The highest BCUT2D eigenvalue weighted by atomic mass is 35.5. The molecule has 3 aromatic carbocycles. The average Bonchev–Trinajstić information content (AvgIpc) is 2.68. The number of phenolic OH excluding ortho intramolecular Hbond substituents is 1. The minimum absolute atomic E-state index is 0.0890. The molecule has 136 valence electrons. The SMILES string of the molecule is O=C(NN=Cc1ccc(OC/C=C\Cl)cc1)c1cc2ccccc2cc1O. The second kappa shape index (κ2) is 8.87. The molecule has 0 saturated carbocycles. The van der Waals surface area contributed by atoms with Gasteiger partial charge in [-0.25, -0.2) is 5.43 Å². The summed E-state index contributed by atoms with van der Waals surface area (Å²) in [5.41, 5.74) is 4.78. The highest BCUT2D eigenvalue weighted by Gasteiger charge is 2.11. The molecule has 0 heterocycles. The van der Waals surface area contributed by atoms with Crippen LogP contribution in [0, 0.1) is 0 Å². The second-order valence-electron chi connectivity index (χ2n) is 5.66. The monoisotopic (exact) mass is 380 g/mol. The molecule has 0 aliphatic rings. The Kier molecular flexibility index (Phi) is 6.07. The maximum atomic E-state index is 12.3. The number of nitrogens with one attached hydrogen (secondary N) is 1. The van der Waals surface area contributed by atoms with Crippen LogP contribution in [0.3, 0.4) is 0 Å². The number of benzene rings is 3. The smallest absolute Gasteiger partial charge is 0.275 e. The molecule has 3 aromatic rings. The van der Waals surface area contributed by atoms with Crippen molar-refractivity contribution in [2.75, 3.05) is 6.61 Å². The number of nitrogens with zero attached hydrogens (tertiary/aromatic N) is 1. The molecule has 2 N–H and O–H groups in total. The summed E-state index contributed by atoms with van der Waals surface area (Å²) >= 11 is 5.43. The summed E-state index contributed by atoms with van der Waals surface area (Å²) in [6.07, 6.45) is 3.20. The minimum Gasteiger partial charge on any atom is -0.507 e. The topological polar surface area (TPSA) is 70.9 Å². The molecule has 5 nitrogen and oxygen atoms in total. The Hall–Kier alpha value is -3.31. The van der Waals surface area contributed by atoms with Crippen molar-refractivity contribution in [3.63, 3.8) is 0 Å². The molecule has 6 heteroatoms. The number of phenols is 1. The van der Waals surface area contributed by atoms with Crippen LogP contribution in [0.4, 0.5) is 0 Å². The molecule has 0 saturated heterocycles. The van der Waals surface area contributed by atoms with E-state index in [-0.39, 0.29) is 11.3 Å². The molecular weight excluding hydrogens is 364 g/mol. The van der Waals surface area contributed by atoms with Crippen LogP contribution in [0.1, 0.15) is 15.9 Å². The largest absolute Gasteiger partial charge is 0.507 e. The van der Waals surface area contributed by atoms with Crippen molar-refractivity contribution in [2.45, 2.75) is 0 Å². The van der Waals surface area contributed by atoms with Gasteiger partial charge in [-0.1, -0.05) is 35.9 Å². The molecule has 0 aromatic heterocycles. The van der Waals surface area contributed by atoms with E-state index in [0.717, 1.165) is 16.3 Å². The molecule has 0 radical (unpaired) electrons. The number of hydrogen-bond acceptors (Lipinski definition) is 4. The first kappa shape index (κ1) is 18.5. The summed E-state index contributed by atoms with van der Waals surface area (Å²) in [4.78, 5) is 12.3. The maximum Gasteiger partial charge on any atom is 0.275 e. The van der Waals surface area contributed by atoms with Gasteiger partial charge in [0.2, 0.25) is 0 Å². The van der Waals surface area contributed by atoms with Gasteiger partial charge in [-0.2, -0.15) is 5.10 Å². The third-order valence-corrected chi connectivity index (χ3v) is 3.98. The number of ether oxygens (including phenoxy) is 1. The van der Waals surface area contributed by atoms with Gasteiger partial charge in [0.25, 0.3) is 5.91 Å². The summed E-state index contributed by atoms with van der Waals surface area (Å²) in [6.45, 7) is 0.391. The van der Waals surface area contributed by atoms with Crippen molar-refractivity contribution in [1.82, 2.24) is 5.43 Å². The fourth-order valence-electron chi connectivity index (χ4n) is 2.47. The number of hydrogen-bond donors (Lipinski definition) is 2. The van der Waals surface area contributed by atoms with Crippen LogP contribution in [-0.4, -0.2) is 23.8 Å². The summed E-state index contributed by atoms with van der Waals surface area (Å²) in [6, 6.07) is 17.9. The van der Waals surface area contributed by atoms with Crippen LogP contribution < -0.4 is 10.2 Å². The van der Waals surface area contributed by atoms with Crippen molar-refractivity contribution < 1.29 is 14.6 Å². The quantitative estimate of drug-likeness (QED) is 0.490. The Bertz CT molecular complexity index is 998. The van der Waals surface area contributed by atoms with E-state index in [4.69, 9.17) is 16.3 Å². The first-order valence-electron chi connectivity index (χ1n) is 8.20. The first-order valence-corrected chi connectivity index (χ1v) is 8.64. The van der Waals surface area contributed by atoms with Gasteiger partial charge < -0.3 is 9.84 Å². The Morgan fingerprint density at radius 1 is 1.11 bits per heavy atom. The van der Waals surface area contributed by atoms with Crippen molar-refractivity contribution in [2.24, 2.45) is 5.10 Å². The lowest BCUT2D eigenvalue weighted by Crippen LogP contribution is -2.17. The summed E-state index contributed by atoms with van der Waals surface area (Å²) in [5.74, 6) is 0.128. The molecule has 27 heavy (non-hydrogen) atoms. The molecule has 1 amide bonds. The predicted octanol–water partition coefficient (Wildman–Crippen LogP) is 4.44. The second-order valence-corrected chi connectivity index (χ2v) is 5.91. The van der Waals surface area contributed by atoms with Crippen LogP contribution in [0.25, 0.3) is 10.8 Å². The van der Waals surface area contributed by atoms with Crippen LogP contribution in [0.15, 0.2) is 77.4 Å². The average molecular weight is 381 g/mol. The lowest BCUT2D eigenvalue weighted by atomic mass is 10.1. The Morgan fingerprint density at radius 3 is 2.52 bits per heavy atom. The zero-order valence-electron chi connectivity index (χ0n) is 14.3. The highest BCUT2D eigenvalue weighted by molar-refractivity contribution is 6.25. The fourth-order valence-corrected chi connectivity index (χ4v) is 2.54. The molecule has 0 unspecified atom stereocenters. The summed E-state index contributed by atoms with van der Waals surface area (Å²) in [5, 5.41) is 15.7. The Morgan fingerprint density at radius 2 is 1.81 bits per heavy atom. The van der Waals surface area contributed by atoms with Crippen LogP contribution >= 0.6 is 11.6 Å². The summed E-state index contributed by atoms with van der Waals surface area (Å²) < 4.78 is 5.44. The number of aromatic hydroxyl groups is 1. The number of carbonyl (C=O) groups is 1. The van der Waals surface area contributed by atoms with E-state index in [0.29, 0.717) is 12.4 Å². The number of hydrazone groups is 1. The lowest BCUT2D eigenvalue weighted by molar-refractivity contribution is 0.0952. The van der Waals surface area contributed by atoms with Gasteiger partial charge in [0.05, 0.1) is 11.8 Å². The number of carbonyl (C=O) groups excluding carboxylic acids is 1. The molecule has 0 bridgehead atoms. The van der Waals surface area contributed by atoms with E-state index >= 15 is 0 Å². The third-order valence-electron chi connectivity index (χ3n) is 3.80. The van der Waals surface area contributed by atoms with Crippen molar-refractivity contribution in [3.8, 4) is 11.5 Å². The molecule has 0 atom stereocenters. The number of amides is 1. The van der Waals surface area contributed by atoms with Crippen molar-refractivity contribution >= 4 is 34.5 Å². The van der Waals surface area contributed by atoms with E-state index in [1.54, 1.807) is 30.3 Å². The van der Waals surface area contributed by atoms with E-state index < -0.39 is 5.91 Å². The van der Waals surface area contributed by atoms with E-state index in [2.05, 4.69) is 10.5 Å². The summed E-state index contributed by atoms with van der Waals surface area (Å²) in [7, 11) is 0. The van der Waals surface area contributed by atoms with Crippen LogP contribution in [-0.2, 0) is 0 Å². The number of halogens is 1. The molecule has 0 spiro atoms. The molecular formula is C21H17ClN2O3. The standard InChI is InChI=1S/C21H17ClN2O3/c22-10-3-11-27-18-8-6-15(7-9-18)14-23-24-21(26)19-12-16-4-1-2-5-17(16)13-20(19)25/h1-10,12-14,25H,11H2,(H,24,26)/b10-3-,23-14?. The highest BCUT2D eigenvalue weighted by Crippen LogP contribution is 2.24. The van der Waals surface area contributed by atoms with Crippen molar-refractivity contribution in [3.05, 3.63) is 83.4 Å². The van der Waals surface area contributed by atoms with Crippen LogP contribution in [0.2, 0.25) is 0 Å². The number of rotatable bonds is 6. The van der Waals surface area contributed by atoms with E-state index in [1.807, 2.05) is 36.4 Å². The first-order chi connectivity index (χ1) is 13.2.